The van der Waals surface area contributed by atoms with E-state index in [9.17, 15) is 8.42 Å². The zero-order chi connectivity index (χ0) is 14.1. The Hall–Kier alpha value is -0.920. The second-order valence-electron chi connectivity index (χ2n) is 5.78. The van der Waals surface area contributed by atoms with Gasteiger partial charge in [-0.2, -0.15) is 0 Å². The van der Waals surface area contributed by atoms with Crippen LogP contribution in [-0.2, 0) is 10.0 Å². The highest BCUT2D eigenvalue weighted by Gasteiger charge is 2.32. The van der Waals surface area contributed by atoms with Crippen LogP contribution in [-0.4, -0.2) is 37.5 Å². The summed E-state index contributed by atoms with van der Waals surface area (Å²) < 4.78 is 26.8. The number of H-pyrrole nitrogens is 1. The van der Waals surface area contributed by atoms with Gasteiger partial charge in [-0.05, 0) is 31.7 Å². The maximum absolute atomic E-state index is 12.1. The molecule has 0 amide bonds. The van der Waals surface area contributed by atoms with E-state index < -0.39 is 10.0 Å². The molecular weight excluding hydrogens is 264 g/mol. The van der Waals surface area contributed by atoms with Crippen molar-refractivity contribution in [3.8, 4) is 0 Å². The summed E-state index contributed by atoms with van der Waals surface area (Å²) in [6, 6.07) is 0.153. The monoisotopic (exact) mass is 286 g/mol. The van der Waals surface area contributed by atoms with E-state index in [1.807, 2.05) is 0 Å². The lowest BCUT2D eigenvalue weighted by molar-refractivity contribution is 0.181. The van der Waals surface area contributed by atoms with E-state index in [4.69, 9.17) is 0 Å². The third-order valence-corrected chi connectivity index (χ3v) is 5.11. The van der Waals surface area contributed by atoms with Gasteiger partial charge in [0, 0.05) is 12.6 Å². The molecule has 1 aliphatic rings. The van der Waals surface area contributed by atoms with E-state index in [1.165, 1.54) is 6.20 Å². The van der Waals surface area contributed by atoms with Crippen molar-refractivity contribution in [1.29, 1.82) is 0 Å². The Morgan fingerprint density at radius 3 is 2.84 bits per heavy atom. The average Bonchev–Trinajstić information content (AvgIpc) is 2.75. The largest absolute Gasteiger partial charge is 0.332 e. The van der Waals surface area contributed by atoms with Crippen LogP contribution in [0.25, 0.3) is 0 Å². The van der Waals surface area contributed by atoms with E-state index in [0.717, 1.165) is 19.4 Å². The van der Waals surface area contributed by atoms with Crippen LogP contribution in [0.15, 0.2) is 11.2 Å². The van der Waals surface area contributed by atoms with Crippen molar-refractivity contribution in [3.05, 3.63) is 12.0 Å². The van der Waals surface area contributed by atoms with Gasteiger partial charge in [-0.1, -0.05) is 13.8 Å². The fraction of sp³-hybridized carbons (Fsp3) is 0.750. The highest BCUT2D eigenvalue weighted by atomic mass is 32.2. The Balaban J connectivity index is 2.02. The van der Waals surface area contributed by atoms with Crippen molar-refractivity contribution < 1.29 is 8.42 Å². The van der Waals surface area contributed by atoms with Gasteiger partial charge in [0.25, 0.3) is 10.0 Å². The number of rotatable bonds is 4. The molecule has 1 saturated heterocycles. The molecule has 108 valence electrons. The first-order valence-electron chi connectivity index (χ1n) is 6.56. The first-order chi connectivity index (χ1) is 8.81. The second-order valence-corrected chi connectivity index (χ2v) is 7.52. The van der Waals surface area contributed by atoms with Gasteiger partial charge in [0.15, 0.2) is 5.03 Å². The van der Waals surface area contributed by atoms with Crippen molar-refractivity contribution in [2.45, 2.75) is 44.7 Å². The second kappa shape index (κ2) is 5.22. The molecule has 19 heavy (non-hydrogen) atoms. The molecule has 0 aromatic carbocycles. The minimum Gasteiger partial charge on any atom is -0.332 e. The molecule has 2 heterocycles. The number of aryl methyl sites for hydroxylation is 1. The van der Waals surface area contributed by atoms with E-state index in [0.29, 0.717) is 12.4 Å². The van der Waals surface area contributed by atoms with Crippen LogP contribution >= 0.6 is 0 Å². The van der Waals surface area contributed by atoms with Crippen molar-refractivity contribution in [2.24, 2.45) is 5.41 Å². The van der Waals surface area contributed by atoms with Gasteiger partial charge >= 0.3 is 0 Å². The summed E-state index contributed by atoms with van der Waals surface area (Å²) in [6.45, 7) is 7.40. The van der Waals surface area contributed by atoms with E-state index in [1.54, 1.807) is 6.92 Å². The number of piperidine rings is 1. The SMILES string of the molecule is Cc1ncc(S(=O)(=O)NCC2NCCCC2(C)C)[nH]1. The predicted octanol–water partition coefficient (Wildman–Crippen LogP) is 0.775. The third kappa shape index (κ3) is 3.34. The number of aromatic nitrogens is 2. The van der Waals surface area contributed by atoms with Crippen LogP contribution in [0.2, 0.25) is 0 Å². The van der Waals surface area contributed by atoms with Crippen molar-refractivity contribution in [2.75, 3.05) is 13.1 Å². The van der Waals surface area contributed by atoms with E-state index in [2.05, 4.69) is 33.9 Å². The van der Waals surface area contributed by atoms with Crippen molar-refractivity contribution in [3.63, 3.8) is 0 Å². The Morgan fingerprint density at radius 2 is 2.26 bits per heavy atom. The van der Waals surface area contributed by atoms with Gasteiger partial charge in [0.1, 0.15) is 5.82 Å². The molecule has 1 aromatic rings. The molecule has 6 nitrogen and oxygen atoms in total. The maximum Gasteiger partial charge on any atom is 0.257 e. The molecule has 0 radical (unpaired) electrons. The van der Waals surface area contributed by atoms with Gasteiger partial charge in [-0.3, -0.25) is 0 Å². The number of nitrogens with zero attached hydrogens (tertiary/aromatic N) is 1. The topological polar surface area (TPSA) is 86.9 Å². The molecule has 3 N–H and O–H groups in total. The molecule has 1 aromatic heterocycles. The molecule has 0 saturated carbocycles. The summed E-state index contributed by atoms with van der Waals surface area (Å²) in [5.74, 6) is 0.594. The number of hydrogen-bond acceptors (Lipinski definition) is 4. The van der Waals surface area contributed by atoms with Gasteiger partial charge in [-0.15, -0.1) is 0 Å². The first kappa shape index (κ1) is 14.5. The van der Waals surface area contributed by atoms with E-state index >= 15 is 0 Å². The highest BCUT2D eigenvalue weighted by Crippen LogP contribution is 2.29. The lowest BCUT2D eigenvalue weighted by Gasteiger charge is -2.39. The zero-order valence-electron chi connectivity index (χ0n) is 11.7. The van der Waals surface area contributed by atoms with Crippen molar-refractivity contribution in [1.82, 2.24) is 20.0 Å². The quantitative estimate of drug-likeness (QED) is 0.763. The molecule has 1 fully saturated rings. The van der Waals surface area contributed by atoms with Crippen LogP contribution in [0.4, 0.5) is 0 Å². The molecule has 1 atom stereocenters. The molecular formula is C12H22N4O2S. The fourth-order valence-corrected chi connectivity index (χ4v) is 3.44. The van der Waals surface area contributed by atoms with Crippen molar-refractivity contribution >= 4 is 10.0 Å². The van der Waals surface area contributed by atoms with Gasteiger partial charge in [-0.25, -0.2) is 18.1 Å². The number of sulfonamides is 1. The molecule has 1 unspecified atom stereocenters. The fourth-order valence-electron chi connectivity index (χ4n) is 2.42. The average molecular weight is 286 g/mol. The standard InChI is InChI=1S/C12H22N4O2S/c1-9-14-8-11(16-9)19(17,18)15-7-10-12(2,3)5-4-6-13-10/h8,10,13,15H,4-7H2,1-3H3,(H,14,16). The molecule has 2 rings (SSSR count). The minimum absolute atomic E-state index is 0.102. The predicted molar refractivity (Wildman–Crippen MR) is 73.3 cm³/mol. The highest BCUT2D eigenvalue weighted by molar-refractivity contribution is 7.89. The Kier molecular flexibility index (Phi) is 3.98. The molecule has 0 spiro atoms. The summed E-state index contributed by atoms with van der Waals surface area (Å²) in [4.78, 5) is 6.66. The Labute approximate surface area is 114 Å². The summed E-state index contributed by atoms with van der Waals surface area (Å²) in [7, 11) is -3.50. The first-order valence-corrected chi connectivity index (χ1v) is 8.04. The van der Waals surface area contributed by atoms with Crippen LogP contribution in [0.1, 0.15) is 32.5 Å². The van der Waals surface area contributed by atoms with Crippen LogP contribution in [0.3, 0.4) is 0 Å². The summed E-state index contributed by atoms with van der Waals surface area (Å²) >= 11 is 0. The molecule has 7 heteroatoms. The summed E-state index contributed by atoms with van der Waals surface area (Å²) in [5, 5.41) is 3.51. The summed E-state index contributed by atoms with van der Waals surface area (Å²) in [5.41, 5.74) is 0.102. The zero-order valence-corrected chi connectivity index (χ0v) is 12.5. The maximum atomic E-state index is 12.1. The summed E-state index contributed by atoms with van der Waals surface area (Å²) in [6.07, 6.45) is 3.59. The van der Waals surface area contributed by atoms with E-state index in [-0.39, 0.29) is 16.5 Å². The molecule has 0 bridgehead atoms. The van der Waals surface area contributed by atoms with Crippen LogP contribution in [0.5, 0.6) is 0 Å². The Bertz CT molecular complexity index is 536. The molecule has 0 aliphatic carbocycles. The smallest absolute Gasteiger partial charge is 0.257 e. The minimum atomic E-state index is -3.50. The van der Waals surface area contributed by atoms with Crippen LogP contribution < -0.4 is 10.0 Å². The number of hydrogen-bond donors (Lipinski definition) is 3. The third-order valence-electron chi connectivity index (χ3n) is 3.78. The van der Waals surface area contributed by atoms with Gasteiger partial charge in [0.2, 0.25) is 0 Å². The molecule has 1 aliphatic heterocycles. The number of imidazole rings is 1. The van der Waals surface area contributed by atoms with Gasteiger partial charge in [0.05, 0.1) is 6.20 Å². The van der Waals surface area contributed by atoms with Gasteiger partial charge < -0.3 is 10.3 Å². The number of aromatic amines is 1. The normalized spacial score (nSPS) is 23.4. The van der Waals surface area contributed by atoms with Crippen LogP contribution in [0, 0.1) is 12.3 Å². The Morgan fingerprint density at radius 1 is 1.53 bits per heavy atom. The lowest BCUT2D eigenvalue weighted by atomic mass is 9.78. The lowest BCUT2D eigenvalue weighted by Crippen LogP contribution is -2.52. The number of nitrogens with one attached hydrogen (secondary N) is 3.